The van der Waals surface area contributed by atoms with Gasteiger partial charge in [-0.1, -0.05) is 44.7 Å². The van der Waals surface area contributed by atoms with Crippen LogP contribution in [0.1, 0.15) is 57.6 Å². The Labute approximate surface area is 152 Å². The Balaban J connectivity index is 2.14. The molecule has 0 aromatic heterocycles. The lowest BCUT2D eigenvalue weighted by atomic mass is 9.91. The quantitative estimate of drug-likeness (QED) is 0.877. The number of carboxylic acids is 1. The van der Waals surface area contributed by atoms with Gasteiger partial charge in [0.2, 0.25) is 0 Å². The Morgan fingerprint density at radius 1 is 1.28 bits per heavy atom. The van der Waals surface area contributed by atoms with Crippen molar-refractivity contribution in [3.63, 3.8) is 0 Å². The molecule has 1 aliphatic heterocycles. The number of amides is 1. The smallest absolute Gasteiger partial charge is 0.331 e. The minimum absolute atomic E-state index is 0.0605. The van der Waals surface area contributed by atoms with Crippen LogP contribution in [0.5, 0.6) is 5.75 Å². The van der Waals surface area contributed by atoms with E-state index in [-0.39, 0.29) is 17.9 Å². The molecule has 0 radical (unpaired) electrons. The van der Waals surface area contributed by atoms with Crippen molar-refractivity contribution in [3.8, 4) is 5.75 Å². The fraction of sp³-hybridized carbons (Fsp3) is 0.579. The maximum Gasteiger partial charge on any atom is 0.331 e. The summed E-state index contributed by atoms with van der Waals surface area (Å²) in [5, 5.41) is 10.4. The van der Waals surface area contributed by atoms with E-state index in [0.29, 0.717) is 16.3 Å². The summed E-state index contributed by atoms with van der Waals surface area (Å²) in [6.07, 6.45) is 4.12. The van der Waals surface area contributed by atoms with E-state index in [2.05, 4.69) is 0 Å². The van der Waals surface area contributed by atoms with Crippen molar-refractivity contribution in [1.82, 2.24) is 4.90 Å². The van der Waals surface area contributed by atoms with Crippen LogP contribution in [0.2, 0.25) is 5.02 Å². The maximum atomic E-state index is 13.3. The summed E-state index contributed by atoms with van der Waals surface area (Å²) in [4.78, 5) is 27.0. The van der Waals surface area contributed by atoms with E-state index in [1.807, 2.05) is 13.8 Å². The molecule has 136 valence electrons. The molecule has 3 rings (SSSR count). The lowest BCUT2D eigenvalue weighted by Crippen LogP contribution is -2.51. The summed E-state index contributed by atoms with van der Waals surface area (Å²) in [6, 6.07) is 3.81. The van der Waals surface area contributed by atoms with Gasteiger partial charge in [0.15, 0.2) is 12.1 Å². The van der Waals surface area contributed by atoms with Crippen LogP contribution >= 0.6 is 11.6 Å². The second kappa shape index (κ2) is 7.24. The number of halogens is 1. The van der Waals surface area contributed by atoms with Gasteiger partial charge in [0.05, 0.1) is 0 Å². The monoisotopic (exact) mass is 365 g/mol. The topological polar surface area (TPSA) is 66.8 Å². The summed E-state index contributed by atoms with van der Waals surface area (Å²) in [7, 11) is 0. The molecule has 6 heteroatoms. The highest BCUT2D eigenvalue weighted by molar-refractivity contribution is 6.30. The van der Waals surface area contributed by atoms with Crippen LogP contribution < -0.4 is 4.74 Å². The number of aliphatic carboxylic acids is 1. The maximum absolute atomic E-state index is 13.3. The van der Waals surface area contributed by atoms with Crippen LogP contribution in [0.3, 0.4) is 0 Å². The number of carboxylic acid groups (broad SMARTS) is 1. The third-order valence-electron chi connectivity index (χ3n) is 5.10. The second-order valence-electron chi connectivity index (χ2n) is 7.24. The lowest BCUT2D eigenvalue weighted by molar-refractivity contribution is -0.157. The Bertz CT molecular complexity index is 669. The van der Waals surface area contributed by atoms with Gasteiger partial charge in [0.25, 0.3) is 5.91 Å². The minimum atomic E-state index is -1.06. The van der Waals surface area contributed by atoms with Crippen molar-refractivity contribution >= 4 is 23.5 Å². The van der Waals surface area contributed by atoms with E-state index in [9.17, 15) is 14.7 Å². The van der Waals surface area contributed by atoms with Gasteiger partial charge in [-0.3, -0.25) is 4.79 Å². The van der Waals surface area contributed by atoms with Crippen molar-refractivity contribution in [2.75, 3.05) is 0 Å². The number of hydrogen-bond donors (Lipinski definition) is 1. The standard InChI is InChI=1S/C19H24ClNO4/c1-11(2)17-18(22)21(13-6-4-3-5-7-13)16(19(23)24)14-10-12(20)8-9-15(14)25-17/h8-11,13,16-17H,3-7H2,1-2H3,(H,23,24). The molecule has 1 aliphatic carbocycles. The molecule has 1 aromatic carbocycles. The zero-order chi connectivity index (χ0) is 18.1. The van der Waals surface area contributed by atoms with Crippen molar-refractivity contribution in [1.29, 1.82) is 0 Å². The van der Waals surface area contributed by atoms with E-state index in [1.54, 1.807) is 23.1 Å². The van der Waals surface area contributed by atoms with Crippen LogP contribution in [-0.4, -0.2) is 34.0 Å². The molecule has 2 aliphatic rings. The predicted octanol–water partition coefficient (Wildman–Crippen LogP) is 4.04. The molecule has 0 bridgehead atoms. The number of benzene rings is 1. The van der Waals surface area contributed by atoms with E-state index < -0.39 is 18.1 Å². The predicted molar refractivity (Wildman–Crippen MR) is 94.8 cm³/mol. The van der Waals surface area contributed by atoms with Gasteiger partial charge < -0.3 is 14.7 Å². The molecule has 1 aromatic rings. The zero-order valence-electron chi connectivity index (χ0n) is 14.6. The number of ether oxygens (including phenoxy) is 1. The Kier molecular flexibility index (Phi) is 5.23. The van der Waals surface area contributed by atoms with Gasteiger partial charge in [-0.2, -0.15) is 0 Å². The average molecular weight is 366 g/mol. The summed E-state index contributed by atoms with van der Waals surface area (Å²) >= 11 is 6.12. The highest BCUT2D eigenvalue weighted by Crippen LogP contribution is 2.40. The van der Waals surface area contributed by atoms with Gasteiger partial charge in [-0.25, -0.2) is 4.79 Å². The first-order valence-corrected chi connectivity index (χ1v) is 9.29. The number of fused-ring (bicyclic) bond motifs is 1. The van der Waals surface area contributed by atoms with E-state index in [1.165, 1.54) is 0 Å². The Morgan fingerprint density at radius 3 is 2.56 bits per heavy atom. The highest BCUT2D eigenvalue weighted by atomic mass is 35.5. The summed E-state index contributed by atoms with van der Waals surface area (Å²) in [5.41, 5.74) is 0.460. The Hall–Kier alpha value is -1.75. The lowest BCUT2D eigenvalue weighted by Gasteiger charge is -2.38. The molecular weight excluding hydrogens is 342 g/mol. The molecule has 5 nitrogen and oxygen atoms in total. The summed E-state index contributed by atoms with van der Waals surface area (Å²) in [6.45, 7) is 3.83. The van der Waals surface area contributed by atoms with Crippen molar-refractivity contribution in [2.24, 2.45) is 5.92 Å². The largest absolute Gasteiger partial charge is 0.480 e. The van der Waals surface area contributed by atoms with Crippen molar-refractivity contribution in [3.05, 3.63) is 28.8 Å². The van der Waals surface area contributed by atoms with Gasteiger partial charge in [-0.15, -0.1) is 0 Å². The molecule has 1 N–H and O–H groups in total. The van der Waals surface area contributed by atoms with Gasteiger partial charge in [0, 0.05) is 16.6 Å². The molecule has 1 saturated carbocycles. The number of nitrogens with zero attached hydrogens (tertiary/aromatic N) is 1. The molecule has 1 fully saturated rings. The van der Waals surface area contributed by atoms with Crippen LogP contribution in [0.15, 0.2) is 18.2 Å². The molecule has 2 unspecified atom stereocenters. The van der Waals surface area contributed by atoms with E-state index >= 15 is 0 Å². The number of carbonyl (C=O) groups is 2. The molecule has 25 heavy (non-hydrogen) atoms. The number of hydrogen-bond acceptors (Lipinski definition) is 3. The van der Waals surface area contributed by atoms with Crippen LogP contribution in [0.4, 0.5) is 0 Å². The second-order valence-corrected chi connectivity index (χ2v) is 7.68. The minimum Gasteiger partial charge on any atom is -0.480 e. The van der Waals surface area contributed by atoms with Gasteiger partial charge in [0.1, 0.15) is 5.75 Å². The van der Waals surface area contributed by atoms with E-state index in [4.69, 9.17) is 16.3 Å². The van der Waals surface area contributed by atoms with Crippen LogP contribution in [-0.2, 0) is 9.59 Å². The normalized spacial score (nSPS) is 24.6. The Morgan fingerprint density at radius 2 is 1.96 bits per heavy atom. The third-order valence-corrected chi connectivity index (χ3v) is 5.34. The molecule has 0 saturated heterocycles. The first-order chi connectivity index (χ1) is 11.9. The first kappa shape index (κ1) is 18.1. The summed E-state index contributed by atoms with van der Waals surface area (Å²) < 4.78 is 5.97. The van der Waals surface area contributed by atoms with Crippen LogP contribution in [0, 0.1) is 5.92 Å². The first-order valence-electron chi connectivity index (χ1n) is 8.91. The average Bonchev–Trinajstić information content (AvgIpc) is 2.70. The fourth-order valence-corrected chi connectivity index (χ4v) is 4.06. The highest BCUT2D eigenvalue weighted by Gasteiger charge is 2.45. The number of rotatable bonds is 3. The van der Waals surface area contributed by atoms with Crippen molar-refractivity contribution in [2.45, 2.75) is 64.1 Å². The third kappa shape index (κ3) is 3.47. The molecule has 1 amide bonds. The summed E-state index contributed by atoms with van der Waals surface area (Å²) in [5.74, 6) is -0.908. The van der Waals surface area contributed by atoms with Gasteiger partial charge in [-0.05, 0) is 37.0 Å². The van der Waals surface area contributed by atoms with Crippen LogP contribution in [0.25, 0.3) is 0 Å². The molecule has 1 heterocycles. The van der Waals surface area contributed by atoms with Gasteiger partial charge >= 0.3 is 5.97 Å². The molecular formula is C19H24ClNO4. The molecule has 2 atom stereocenters. The van der Waals surface area contributed by atoms with E-state index in [0.717, 1.165) is 32.1 Å². The number of carbonyl (C=O) groups excluding carboxylic acids is 1. The SMILES string of the molecule is CC(C)C1Oc2ccc(Cl)cc2C(C(=O)O)N(C2CCCCC2)C1=O. The fourth-order valence-electron chi connectivity index (χ4n) is 3.87. The zero-order valence-corrected chi connectivity index (χ0v) is 15.3. The van der Waals surface area contributed by atoms with Crippen molar-refractivity contribution < 1.29 is 19.4 Å². The molecule has 0 spiro atoms.